The summed E-state index contributed by atoms with van der Waals surface area (Å²) in [5, 5.41) is 0. The Hall–Kier alpha value is 0.220. The molecular weight excluding hydrogens is 188 g/mol. The van der Waals surface area contributed by atoms with Gasteiger partial charge in [-0.2, -0.15) is 0 Å². The zero-order valence-corrected chi connectivity index (χ0v) is 8.15. The number of allylic oxidation sites excluding steroid dienone is 1. The van der Waals surface area contributed by atoms with E-state index in [4.69, 9.17) is 0 Å². The third-order valence-corrected chi connectivity index (χ3v) is 3.05. The van der Waals surface area contributed by atoms with Crippen LogP contribution in [0.1, 0.15) is 39.0 Å². The van der Waals surface area contributed by atoms with Crippen molar-refractivity contribution in [3.05, 3.63) is 10.6 Å². The quantitative estimate of drug-likeness (QED) is 0.639. The van der Waals surface area contributed by atoms with Crippen molar-refractivity contribution in [3.63, 3.8) is 0 Å². The summed E-state index contributed by atoms with van der Waals surface area (Å²) in [6.07, 6.45) is 7.14. The molecule has 1 fully saturated rings. The second kappa shape index (κ2) is 4.17. The molecule has 1 aliphatic rings. The third kappa shape index (κ3) is 2.45. The molecule has 0 heterocycles. The van der Waals surface area contributed by atoms with Gasteiger partial charge in [0.15, 0.2) is 0 Å². The minimum Gasteiger partial charge on any atom is -0.0661 e. The fourth-order valence-corrected chi connectivity index (χ4v) is 1.90. The van der Waals surface area contributed by atoms with Crippen molar-refractivity contribution < 1.29 is 0 Å². The molecule has 0 aromatic carbocycles. The van der Waals surface area contributed by atoms with E-state index in [2.05, 4.69) is 27.8 Å². The van der Waals surface area contributed by atoms with E-state index in [-0.39, 0.29) is 0 Å². The van der Waals surface area contributed by atoms with Crippen LogP contribution in [0.5, 0.6) is 0 Å². The number of hydrogen-bond donors (Lipinski definition) is 0. The van der Waals surface area contributed by atoms with Crippen molar-refractivity contribution in [3.8, 4) is 0 Å². The van der Waals surface area contributed by atoms with Crippen LogP contribution in [0.15, 0.2) is 10.6 Å². The fraction of sp³-hybridized carbons (Fsp3) is 0.778. The van der Waals surface area contributed by atoms with Crippen molar-refractivity contribution in [2.75, 3.05) is 0 Å². The van der Waals surface area contributed by atoms with Gasteiger partial charge in [-0.05, 0) is 24.2 Å². The lowest BCUT2D eigenvalue weighted by atomic mass is 10.0. The maximum absolute atomic E-state index is 3.36. The number of halogens is 1. The van der Waals surface area contributed by atoms with Crippen molar-refractivity contribution in [1.82, 2.24) is 0 Å². The minimum atomic E-state index is 0.994. The Morgan fingerprint density at radius 2 is 2.10 bits per heavy atom. The monoisotopic (exact) mass is 202 g/mol. The molecule has 0 amide bonds. The zero-order chi connectivity index (χ0) is 7.40. The van der Waals surface area contributed by atoms with E-state index >= 15 is 0 Å². The summed E-state index contributed by atoms with van der Waals surface area (Å²) in [7, 11) is 0. The molecule has 0 saturated heterocycles. The second-order valence-electron chi connectivity index (χ2n) is 3.31. The summed E-state index contributed by atoms with van der Waals surface area (Å²) >= 11 is 3.36. The molecule has 0 nitrogen and oxygen atoms in total. The topological polar surface area (TPSA) is 0 Å². The molecule has 0 aromatic heterocycles. The number of rotatable bonds is 2. The van der Waals surface area contributed by atoms with Crippen LogP contribution in [0.3, 0.4) is 0 Å². The second-order valence-corrected chi connectivity index (χ2v) is 3.77. The lowest BCUT2D eigenvalue weighted by Gasteiger charge is -2.06. The average molecular weight is 203 g/mol. The summed E-state index contributed by atoms with van der Waals surface area (Å²) in [6, 6.07) is 0. The Morgan fingerprint density at radius 3 is 2.60 bits per heavy atom. The third-order valence-electron chi connectivity index (χ3n) is 2.27. The predicted octanol–water partition coefficient (Wildman–Crippen LogP) is 3.87. The smallest absolute Gasteiger partial charge is 0.0200 e. The molecule has 1 saturated carbocycles. The first kappa shape index (κ1) is 8.32. The van der Waals surface area contributed by atoms with Crippen molar-refractivity contribution in [1.29, 1.82) is 0 Å². The van der Waals surface area contributed by atoms with Crippen molar-refractivity contribution in [2.45, 2.75) is 39.0 Å². The Bertz CT molecular complexity index is 121. The van der Waals surface area contributed by atoms with Gasteiger partial charge in [0.05, 0.1) is 0 Å². The van der Waals surface area contributed by atoms with E-state index in [0.29, 0.717) is 0 Å². The van der Waals surface area contributed by atoms with Gasteiger partial charge in [0, 0.05) is 0 Å². The largest absolute Gasteiger partial charge is 0.0661 e. The van der Waals surface area contributed by atoms with E-state index in [1.54, 1.807) is 0 Å². The molecule has 0 radical (unpaired) electrons. The summed E-state index contributed by atoms with van der Waals surface area (Å²) < 4.78 is 0. The maximum Gasteiger partial charge on any atom is -0.0200 e. The van der Waals surface area contributed by atoms with Crippen LogP contribution in [0.4, 0.5) is 0 Å². The Labute approximate surface area is 71.8 Å². The molecule has 10 heavy (non-hydrogen) atoms. The highest BCUT2D eigenvalue weighted by Gasteiger charge is 2.14. The van der Waals surface area contributed by atoms with Gasteiger partial charge in [0.2, 0.25) is 0 Å². The van der Waals surface area contributed by atoms with Gasteiger partial charge in [-0.3, -0.25) is 0 Å². The molecule has 0 atom stereocenters. The van der Waals surface area contributed by atoms with Crippen molar-refractivity contribution in [2.24, 2.45) is 5.92 Å². The van der Waals surface area contributed by atoms with Crippen LogP contribution in [0.2, 0.25) is 0 Å². The molecule has 1 rings (SSSR count). The summed E-state index contributed by atoms with van der Waals surface area (Å²) in [4.78, 5) is 2.06. The standard InChI is InChI=1S/C9H15Br/c1-8(7-10)6-9-4-2-3-5-9/h7,9H,2-6H2,1H3/b8-7+. The highest BCUT2D eigenvalue weighted by atomic mass is 79.9. The first-order chi connectivity index (χ1) is 4.83. The fourth-order valence-electron chi connectivity index (χ4n) is 1.71. The molecule has 0 aliphatic heterocycles. The van der Waals surface area contributed by atoms with E-state index in [1.165, 1.54) is 37.7 Å². The highest BCUT2D eigenvalue weighted by Crippen LogP contribution is 2.30. The van der Waals surface area contributed by atoms with Gasteiger partial charge < -0.3 is 0 Å². The molecule has 0 aromatic rings. The molecule has 1 aliphatic carbocycles. The normalized spacial score (nSPS) is 22.0. The molecule has 0 bridgehead atoms. The molecular formula is C9H15Br. The first-order valence-electron chi connectivity index (χ1n) is 4.09. The van der Waals surface area contributed by atoms with Crippen molar-refractivity contribution >= 4 is 15.9 Å². The molecule has 1 heteroatoms. The molecule has 0 unspecified atom stereocenters. The van der Waals surface area contributed by atoms with Gasteiger partial charge in [0.25, 0.3) is 0 Å². The maximum atomic E-state index is 3.36. The summed E-state index contributed by atoms with van der Waals surface area (Å²) in [5.74, 6) is 0.994. The summed E-state index contributed by atoms with van der Waals surface area (Å²) in [5.41, 5.74) is 1.49. The molecule has 0 spiro atoms. The Balaban J connectivity index is 2.24. The SMILES string of the molecule is C/C(=C\Br)CC1CCCC1. The van der Waals surface area contributed by atoms with E-state index in [0.717, 1.165) is 5.92 Å². The Kier molecular flexibility index (Phi) is 3.47. The van der Waals surface area contributed by atoms with E-state index in [9.17, 15) is 0 Å². The van der Waals surface area contributed by atoms with Crippen LogP contribution < -0.4 is 0 Å². The lowest BCUT2D eigenvalue weighted by Crippen LogP contribution is -1.92. The van der Waals surface area contributed by atoms with Crippen LogP contribution in [-0.4, -0.2) is 0 Å². The molecule has 0 N–H and O–H groups in total. The molecule has 58 valence electrons. The van der Waals surface area contributed by atoms with Gasteiger partial charge in [-0.15, -0.1) is 0 Å². The van der Waals surface area contributed by atoms with Gasteiger partial charge >= 0.3 is 0 Å². The van der Waals surface area contributed by atoms with Crippen LogP contribution in [0, 0.1) is 5.92 Å². The van der Waals surface area contributed by atoms with Gasteiger partial charge in [0.1, 0.15) is 0 Å². The first-order valence-corrected chi connectivity index (χ1v) is 5.00. The Morgan fingerprint density at radius 1 is 1.50 bits per heavy atom. The lowest BCUT2D eigenvalue weighted by molar-refractivity contribution is 0.544. The van der Waals surface area contributed by atoms with E-state index in [1.807, 2.05) is 0 Å². The average Bonchev–Trinajstić information content (AvgIpc) is 2.40. The van der Waals surface area contributed by atoms with Crippen LogP contribution >= 0.6 is 15.9 Å². The predicted molar refractivity (Wildman–Crippen MR) is 49.3 cm³/mol. The van der Waals surface area contributed by atoms with Gasteiger partial charge in [-0.25, -0.2) is 0 Å². The van der Waals surface area contributed by atoms with E-state index < -0.39 is 0 Å². The summed E-state index contributed by atoms with van der Waals surface area (Å²) in [6.45, 7) is 2.20. The van der Waals surface area contributed by atoms with Crippen LogP contribution in [0.25, 0.3) is 0 Å². The van der Waals surface area contributed by atoms with Crippen LogP contribution in [-0.2, 0) is 0 Å². The minimum absolute atomic E-state index is 0.994. The van der Waals surface area contributed by atoms with Gasteiger partial charge in [-0.1, -0.05) is 47.2 Å². The zero-order valence-electron chi connectivity index (χ0n) is 6.57. The highest BCUT2D eigenvalue weighted by molar-refractivity contribution is 9.11. The number of hydrogen-bond acceptors (Lipinski definition) is 0.